The minimum atomic E-state index is -0.618. The number of ether oxygens (including phenoxy) is 2. The van der Waals surface area contributed by atoms with E-state index in [0.717, 1.165) is 19.5 Å². The third kappa shape index (κ3) is 4.34. The summed E-state index contributed by atoms with van der Waals surface area (Å²) in [6.45, 7) is 4.09. The first-order valence-corrected chi connectivity index (χ1v) is 8.09. The van der Waals surface area contributed by atoms with Crippen LogP contribution in [0.5, 0.6) is 11.5 Å². The fraction of sp³-hybridized carbons (Fsp3) is 0.588. The van der Waals surface area contributed by atoms with Crippen LogP contribution in [0.1, 0.15) is 30.1 Å². The van der Waals surface area contributed by atoms with Crippen LogP contribution >= 0.6 is 0 Å². The fourth-order valence-corrected chi connectivity index (χ4v) is 2.99. The van der Waals surface area contributed by atoms with Gasteiger partial charge in [0.1, 0.15) is 13.3 Å². The largest absolute Gasteiger partial charge is 0.493 e. The van der Waals surface area contributed by atoms with Crippen molar-refractivity contribution >= 4 is 5.91 Å². The summed E-state index contributed by atoms with van der Waals surface area (Å²) in [6.07, 6.45) is 2.26. The molecular formula is C17H25FN2O3. The Kier molecular flexibility index (Phi) is 6.65. The highest BCUT2D eigenvalue weighted by Crippen LogP contribution is 2.31. The topological polar surface area (TPSA) is 50.8 Å². The van der Waals surface area contributed by atoms with E-state index < -0.39 is 6.67 Å². The summed E-state index contributed by atoms with van der Waals surface area (Å²) in [5, 5.41) is 2.96. The Morgan fingerprint density at radius 1 is 1.48 bits per heavy atom. The van der Waals surface area contributed by atoms with Gasteiger partial charge in [-0.15, -0.1) is 0 Å². The van der Waals surface area contributed by atoms with Gasteiger partial charge in [0.2, 0.25) is 0 Å². The quantitative estimate of drug-likeness (QED) is 0.797. The summed E-state index contributed by atoms with van der Waals surface area (Å²) in [5.41, 5.74) is 0.374. The number of hydrogen-bond donors (Lipinski definition) is 1. The Balaban J connectivity index is 2.06. The number of carbonyl (C=O) groups excluding carboxylic acids is 1. The maximum atomic E-state index is 12.5. The van der Waals surface area contributed by atoms with E-state index in [4.69, 9.17) is 9.47 Å². The van der Waals surface area contributed by atoms with Crippen LogP contribution in [0, 0.1) is 0 Å². The van der Waals surface area contributed by atoms with Gasteiger partial charge in [-0.3, -0.25) is 9.69 Å². The minimum Gasteiger partial charge on any atom is -0.493 e. The van der Waals surface area contributed by atoms with Gasteiger partial charge in [0.15, 0.2) is 11.5 Å². The van der Waals surface area contributed by atoms with Gasteiger partial charge in [0.25, 0.3) is 5.91 Å². The lowest BCUT2D eigenvalue weighted by atomic mass is 10.1. The van der Waals surface area contributed by atoms with Crippen molar-refractivity contribution in [3.8, 4) is 11.5 Å². The molecule has 0 radical (unpaired) electrons. The van der Waals surface area contributed by atoms with Gasteiger partial charge in [-0.2, -0.15) is 0 Å². The number of nitrogens with one attached hydrogen (secondary N) is 1. The first-order chi connectivity index (χ1) is 11.2. The monoisotopic (exact) mass is 324 g/mol. The first-order valence-electron chi connectivity index (χ1n) is 8.09. The average Bonchev–Trinajstić information content (AvgIpc) is 3.04. The van der Waals surface area contributed by atoms with Crippen molar-refractivity contribution in [2.45, 2.75) is 25.8 Å². The molecule has 6 heteroatoms. The molecule has 0 saturated carbocycles. The second-order valence-corrected chi connectivity index (χ2v) is 5.51. The van der Waals surface area contributed by atoms with Crippen molar-refractivity contribution in [2.24, 2.45) is 0 Å². The highest BCUT2D eigenvalue weighted by atomic mass is 19.1. The van der Waals surface area contributed by atoms with Crippen molar-refractivity contribution in [2.75, 3.05) is 40.0 Å². The van der Waals surface area contributed by atoms with Crippen LogP contribution in [0.25, 0.3) is 0 Å². The number of methoxy groups -OCH3 is 1. The number of para-hydroxylation sites is 1. The summed E-state index contributed by atoms with van der Waals surface area (Å²) in [4.78, 5) is 14.9. The number of nitrogens with zero attached hydrogens (tertiary/aromatic N) is 1. The SMILES string of the molecule is CCN1CCC[C@@H]1CNC(=O)c1cccc(OC)c1OCCF. The van der Waals surface area contributed by atoms with Crippen molar-refractivity contribution in [1.82, 2.24) is 10.2 Å². The van der Waals surface area contributed by atoms with Crippen LogP contribution in [0.15, 0.2) is 18.2 Å². The van der Waals surface area contributed by atoms with Crippen LogP contribution in [-0.2, 0) is 0 Å². The lowest BCUT2D eigenvalue weighted by Gasteiger charge is -2.23. The molecular weight excluding hydrogens is 299 g/mol. The lowest BCUT2D eigenvalue weighted by Crippen LogP contribution is -2.40. The third-order valence-corrected chi connectivity index (χ3v) is 4.17. The van der Waals surface area contributed by atoms with E-state index in [1.54, 1.807) is 18.2 Å². The Morgan fingerprint density at radius 2 is 2.30 bits per heavy atom. The number of amides is 1. The number of halogens is 1. The summed E-state index contributed by atoms with van der Waals surface area (Å²) >= 11 is 0. The molecule has 2 rings (SSSR count). The maximum absolute atomic E-state index is 12.5. The molecule has 1 aromatic carbocycles. The summed E-state index contributed by atoms with van der Waals surface area (Å²) in [5.74, 6) is 0.506. The van der Waals surface area contributed by atoms with E-state index in [1.807, 2.05) is 0 Å². The Hall–Kier alpha value is -1.82. The minimum absolute atomic E-state index is 0.104. The van der Waals surface area contributed by atoms with Gasteiger partial charge < -0.3 is 14.8 Å². The van der Waals surface area contributed by atoms with Crippen LogP contribution in [0.4, 0.5) is 4.39 Å². The van der Waals surface area contributed by atoms with Crippen molar-refractivity contribution < 1.29 is 18.7 Å². The van der Waals surface area contributed by atoms with Gasteiger partial charge in [-0.25, -0.2) is 4.39 Å². The Morgan fingerprint density at radius 3 is 3.00 bits per heavy atom. The van der Waals surface area contributed by atoms with Crippen molar-refractivity contribution in [1.29, 1.82) is 0 Å². The molecule has 128 valence electrons. The molecule has 1 aliphatic heterocycles. The number of likely N-dealkylation sites (tertiary alicyclic amines) is 1. The molecule has 0 aromatic heterocycles. The van der Waals surface area contributed by atoms with E-state index in [1.165, 1.54) is 13.5 Å². The molecule has 1 heterocycles. The standard InChI is InChI=1S/C17H25FN2O3/c1-3-20-10-5-6-13(20)12-19-17(21)14-7-4-8-15(22-2)16(14)23-11-9-18/h4,7-8,13H,3,5-6,9-12H2,1-2H3,(H,19,21)/t13-/m1/s1. The zero-order valence-corrected chi connectivity index (χ0v) is 13.8. The number of benzene rings is 1. The molecule has 0 bridgehead atoms. The zero-order valence-electron chi connectivity index (χ0n) is 13.8. The molecule has 1 N–H and O–H groups in total. The number of alkyl halides is 1. The maximum Gasteiger partial charge on any atom is 0.255 e. The van der Waals surface area contributed by atoms with Crippen molar-refractivity contribution in [3.63, 3.8) is 0 Å². The van der Waals surface area contributed by atoms with E-state index in [-0.39, 0.29) is 12.5 Å². The number of hydrogen-bond acceptors (Lipinski definition) is 4. The molecule has 0 spiro atoms. The van der Waals surface area contributed by atoms with Crippen molar-refractivity contribution in [3.05, 3.63) is 23.8 Å². The highest BCUT2D eigenvalue weighted by Gasteiger charge is 2.24. The molecule has 5 nitrogen and oxygen atoms in total. The Labute approximate surface area is 136 Å². The van der Waals surface area contributed by atoms with Gasteiger partial charge in [0, 0.05) is 12.6 Å². The predicted octanol–water partition coefficient (Wildman–Crippen LogP) is 2.26. The summed E-state index contributed by atoms with van der Waals surface area (Å²) in [6, 6.07) is 5.46. The molecule has 1 aliphatic rings. The van der Waals surface area contributed by atoms with E-state index in [0.29, 0.717) is 29.6 Å². The van der Waals surface area contributed by atoms with E-state index in [2.05, 4.69) is 17.1 Å². The number of rotatable bonds is 8. The van der Waals surface area contributed by atoms with Gasteiger partial charge >= 0.3 is 0 Å². The molecule has 23 heavy (non-hydrogen) atoms. The second-order valence-electron chi connectivity index (χ2n) is 5.51. The zero-order chi connectivity index (χ0) is 16.7. The van der Waals surface area contributed by atoms with Crippen LogP contribution < -0.4 is 14.8 Å². The lowest BCUT2D eigenvalue weighted by molar-refractivity contribution is 0.0936. The van der Waals surface area contributed by atoms with Crippen LogP contribution in [-0.4, -0.2) is 56.9 Å². The molecule has 1 saturated heterocycles. The Bertz CT molecular complexity index is 525. The van der Waals surface area contributed by atoms with Gasteiger partial charge in [0.05, 0.1) is 12.7 Å². The summed E-state index contributed by atoms with van der Waals surface area (Å²) < 4.78 is 23.0. The third-order valence-electron chi connectivity index (χ3n) is 4.17. The molecule has 1 amide bonds. The van der Waals surface area contributed by atoms with E-state index in [9.17, 15) is 9.18 Å². The van der Waals surface area contributed by atoms with Gasteiger partial charge in [-0.05, 0) is 38.1 Å². The molecule has 1 aromatic rings. The fourth-order valence-electron chi connectivity index (χ4n) is 2.99. The van der Waals surface area contributed by atoms with Crippen LogP contribution in [0.2, 0.25) is 0 Å². The average molecular weight is 324 g/mol. The molecule has 1 fully saturated rings. The highest BCUT2D eigenvalue weighted by molar-refractivity contribution is 5.97. The van der Waals surface area contributed by atoms with E-state index >= 15 is 0 Å². The first kappa shape index (κ1) is 17.5. The second kappa shape index (κ2) is 8.72. The molecule has 0 unspecified atom stereocenters. The van der Waals surface area contributed by atoms with Crippen LogP contribution in [0.3, 0.4) is 0 Å². The molecule has 1 atom stereocenters. The molecule has 0 aliphatic carbocycles. The number of carbonyl (C=O) groups is 1. The smallest absolute Gasteiger partial charge is 0.255 e. The summed E-state index contributed by atoms with van der Waals surface area (Å²) in [7, 11) is 1.50. The van der Waals surface area contributed by atoms with Gasteiger partial charge in [-0.1, -0.05) is 13.0 Å². The normalized spacial score (nSPS) is 18.0. The predicted molar refractivity (Wildman–Crippen MR) is 87.1 cm³/mol. The number of likely N-dealkylation sites (N-methyl/N-ethyl adjacent to an activating group) is 1.